The second-order valence-electron chi connectivity index (χ2n) is 4.64. The molecule has 0 aromatic heterocycles. The maximum absolute atomic E-state index is 13.2. The molecule has 0 bridgehead atoms. The van der Waals surface area contributed by atoms with Crippen molar-refractivity contribution in [2.75, 3.05) is 6.54 Å². The van der Waals surface area contributed by atoms with Gasteiger partial charge >= 0.3 is 0 Å². The first-order valence-electron chi connectivity index (χ1n) is 5.13. The molecule has 0 fully saturated rings. The summed E-state index contributed by atoms with van der Waals surface area (Å²) in [5, 5.41) is 2.65. The Kier molecular flexibility index (Phi) is 3.65. The van der Waals surface area contributed by atoms with Gasteiger partial charge in [0, 0.05) is 17.6 Å². The molecule has 0 aliphatic rings. The Morgan fingerprint density at radius 3 is 2.62 bits per heavy atom. The number of hydrogen-bond donors (Lipinski definition) is 2. The predicted molar refractivity (Wildman–Crippen MR) is 61.7 cm³/mol. The monoisotopic (exact) mass is 224 g/mol. The van der Waals surface area contributed by atoms with Gasteiger partial charge in [0.15, 0.2) is 0 Å². The van der Waals surface area contributed by atoms with Gasteiger partial charge in [-0.25, -0.2) is 4.39 Å². The summed E-state index contributed by atoms with van der Waals surface area (Å²) < 4.78 is 13.2. The molecule has 0 heterocycles. The Labute approximate surface area is 94.8 Å². The van der Waals surface area contributed by atoms with Gasteiger partial charge in [0.25, 0.3) is 5.91 Å². The van der Waals surface area contributed by atoms with Gasteiger partial charge in [-0.2, -0.15) is 0 Å². The van der Waals surface area contributed by atoms with Crippen molar-refractivity contribution in [1.82, 2.24) is 5.32 Å². The first-order chi connectivity index (χ1) is 7.29. The lowest BCUT2D eigenvalue weighted by Crippen LogP contribution is -2.45. The van der Waals surface area contributed by atoms with Crippen molar-refractivity contribution in [3.05, 3.63) is 35.1 Å². The number of nitrogens with two attached hydrogens (primary N) is 1. The highest BCUT2D eigenvalue weighted by Gasteiger charge is 2.13. The van der Waals surface area contributed by atoms with Crippen molar-refractivity contribution in [3.63, 3.8) is 0 Å². The van der Waals surface area contributed by atoms with Crippen LogP contribution in [-0.4, -0.2) is 18.0 Å². The number of hydrogen-bond acceptors (Lipinski definition) is 2. The molecule has 1 rings (SSSR count). The molecule has 0 spiro atoms. The van der Waals surface area contributed by atoms with E-state index < -0.39 is 5.54 Å². The van der Waals surface area contributed by atoms with Crippen molar-refractivity contribution >= 4 is 5.91 Å². The minimum absolute atomic E-state index is 0.308. The molecule has 3 N–H and O–H groups in total. The molecule has 88 valence electrons. The summed E-state index contributed by atoms with van der Waals surface area (Å²) in [6.07, 6.45) is 0. The number of amides is 1. The summed E-state index contributed by atoms with van der Waals surface area (Å²) in [6.45, 7) is 5.62. The van der Waals surface area contributed by atoms with E-state index in [0.717, 1.165) is 0 Å². The molecule has 0 saturated carbocycles. The third kappa shape index (κ3) is 3.62. The SMILES string of the molecule is Cc1ccc(C(=O)NCC(C)(C)N)cc1F. The normalized spacial score (nSPS) is 11.3. The van der Waals surface area contributed by atoms with Crippen LogP contribution in [0.3, 0.4) is 0 Å². The maximum atomic E-state index is 13.2. The second kappa shape index (κ2) is 4.61. The molecule has 0 unspecified atom stereocenters. The minimum Gasteiger partial charge on any atom is -0.350 e. The number of carbonyl (C=O) groups excluding carboxylic acids is 1. The van der Waals surface area contributed by atoms with Crippen molar-refractivity contribution in [1.29, 1.82) is 0 Å². The average Bonchev–Trinajstić information content (AvgIpc) is 2.17. The van der Waals surface area contributed by atoms with Crippen molar-refractivity contribution in [2.24, 2.45) is 5.73 Å². The first kappa shape index (κ1) is 12.6. The molecule has 16 heavy (non-hydrogen) atoms. The summed E-state index contributed by atoms with van der Waals surface area (Å²) in [5.74, 6) is -0.683. The number of rotatable bonds is 3. The van der Waals surface area contributed by atoms with Crippen LogP contribution >= 0.6 is 0 Å². The fourth-order valence-electron chi connectivity index (χ4n) is 1.14. The van der Waals surface area contributed by atoms with Crippen LogP contribution in [0.5, 0.6) is 0 Å². The van der Waals surface area contributed by atoms with Gasteiger partial charge in [0.2, 0.25) is 0 Å². The smallest absolute Gasteiger partial charge is 0.251 e. The molecule has 0 radical (unpaired) electrons. The van der Waals surface area contributed by atoms with Crippen LogP contribution in [-0.2, 0) is 0 Å². The number of aryl methyl sites for hydroxylation is 1. The summed E-state index contributed by atoms with van der Waals surface area (Å²) in [7, 11) is 0. The highest BCUT2D eigenvalue weighted by molar-refractivity contribution is 5.94. The third-order valence-electron chi connectivity index (χ3n) is 2.14. The lowest BCUT2D eigenvalue weighted by Gasteiger charge is -2.18. The van der Waals surface area contributed by atoms with Gasteiger partial charge in [0.1, 0.15) is 5.82 Å². The minimum atomic E-state index is -0.473. The Morgan fingerprint density at radius 1 is 1.50 bits per heavy atom. The zero-order valence-corrected chi connectivity index (χ0v) is 9.80. The van der Waals surface area contributed by atoms with E-state index in [9.17, 15) is 9.18 Å². The summed E-state index contributed by atoms with van der Waals surface area (Å²) in [5.41, 5.74) is 6.09. The number of halogens is 1. The number of benzene rings is 1. The summed E-state index contributed by atoms with van der Waals surface area (Å²) in [4.78, 5) is 11.6. The van der Waals surface area contributed by atoms with Crippen molar-refractivity contribution < 1.29 is 9.18 Å². The van der Waals surface area contributed by atoms with E-state index in [4.69, 9.17) is 5.73 Å². The van der Waals surface area contributed by atoms with Crippen LogP contribution in [0.2, 0.25) is 0 Å². The molecule has 0 aliphatic heterocycles. The first-order valence-corrected chi connectivity index (χ1v) is 5.13. The van der Waals surface area contributed by atoms with Crippen LogP contribution in [0, 0.1) is 12.7 Å². The zero-order valence-electron chi connectivity index (χ0n) is 9.80. The van der Waals surface area contributed by atoms with E-state index in [0.29, 0.717) is 17.7 Å². The van der Waals surface area contributed by atoms with Crippen LogP contribution in [0.4, 0.5) is 4.39 Å². The van der Waals surface area contributed by atoms with Crippen molar-refractivity contribution in [2.45, 2.75) is 26.3 Å². The Bertz CT molecular complexity index is 396. The summed E-state index contributed by atoms with van der Waals surface area (Å²) >= 11 is 0. The lowest BCUT2D eigenvalue weighted by molar-refractivity contribution is 0.0945. The highest BCUT2D eigenvalue weighted by atomic mass is 19.1. The molecule has 0 aliphatic carbocycles. The van der Waals surface area contributed by atoms with E-state index in [2.05, 4.69) is 5.32 Å². The highest BCUT2D eigenvalue weighted by Crippen LogP contribution is 2.09. The van der Waals surface area contributed by atoms with E-state index in [1.807, 2.05) is 13.8 Å². The topological polar surface area (TPSA) is 55.1 Å². The van der Waals surface area contributed by atoms with Crippen LogP contribution in [0.25, 0.3) is 0 Å². The molecule has 4 heteroatoms. The lowest BCUT2D eigenvalue weighted by atomic mass is 10.1. The fraction of sp³-hybridized carbons (Fsp3) is 0.417. The number of nitrogens with one attached hydrogen (secondary N) is 1. The van der Waals surface area contributed by atoms with E-state index in [1.54, 1.807) is 19.1 Å². The molecule has 1 amide bonds. The quantitative estimate of drug-likeness (QED) is 0.819. The summed E-state index contributed by atoms with van der Waals surface area (Å²) in [6, 6.07) is 4.41. The second-order valence-corrected chi connectivity index (χ2v) is 4.64. The largest absolute Gasteiger partial charge is 0.350 e. The van der Waals surface area contributed by atoms with Gasteiger partial charge in [0.05, 0.1) is 0 Å². The fourth-order valence-corrected chi connectivity index (χ4v) is 1.14. The van der Waals surface area contributed by atoms with Crippen molar-refractivity contribution in [3.8, 4) is 0 Å². The Hall–Kier alpha value is -1.42. The van der Waals surface area contributed by atoms with Gasteiger partial charge in [-0.05, 0) is 38.5 Å². The molecular weight excluding hydrogens is 207 g/mol. The van der Waals surface area contributed by atoms with Gasteiger partial charge in [-0.3, -0.25) is 4.79 Å². The Morgan fingerprint density at radius 2 is 2.12 bits per heavy atom. The third-order valence-corrected chi connectivity index (χ3v) is 2.14. The Balaban J connectivity index is 2.70. The number of carbonyl (C=O) groups is 1. The van der Waals surface area contributed by atoms with Crippen LogP contribution in [0.15, 0.2) is 18.2 Å². The molecule has 1 aromatic rings. The predicted octanol–water partition coefficient (Wildman–Crippen LogP) is 1.60. The van der Waals surface area contributed by atoms with Gasteiger partial charge in [-0.15, -0.1) is 0 Å². The molecule has 1 aromatic carbocycles. The molecule has 0 atom stereocenters. The van der Waals surface area contributed by atoms with E-state index >= 15 is 0 Å². The molecular formula is C12H17FN2O. The van der Waals surface area contributed by atoms with E-state index in [-0.39, 0.29) is 11.7 Å². The maximum Gasteiger partial charge on any atom is 0.251 e. The van der Waals surface area contributed by atoms with Crippen LogP contribution in [0.1, 0.15) is 29.8 Å². The molecule has 0 saturated heterocycles. The van der Waals surface area contributed by atoms with E-state index in [1.165, 1.54) is 6.07 Å². The van der Waals surface area contributed by atoms with Gasteiger partial charge in [-0.1, -0.05) is 6.07 Å². The standard InChI is InChI=1S/C12H17FN2O/c1-8-4-5-9(6-10(8)13)11(16)15-7-12(2,3)14/h4-6H,7,14H2,1-3H3,(H,15,16). The average molecular weight is 224 g/mol. The zero-order chi connectivity index (χ0) is 12.3. The van der Waals surface area contributed by atoms with Crippen LogP contribution < -0.4 is 11.1 Å². The molecule has 3 nitrogen and oxygen atoms in total. The van der Waals surface area contributed by atoms with Gasteiger partial charge < -0.3 is 11.1 Å².